The van der Waals surface area contributed by atoms with Crippen LogP contribution in [0.1, 0.15) is 5.56 Å². The lowest BCUT2D eigenvalue weighted by Gasteiger charge is -2.10. The Kier molecular flexibility index (Phi) is 4.72. The Labute approximate surface area is 139 Å². The summed E-state index contributed by atoms with van der Waals surface area (Å²) in [5.41, 5.74) is 1.34. The number of nitrogens with one attached hydrogen (secondary N) is 1. The van der Waals surface area contributed by atoms with Gasteiger partial charge in [-0.2, -0.15) is 0 Å². The summed E-state index contributed by atoms with van der Waals surface area (Å²) in [5, 5.41) is 2.64. The number of benzene rings is 2. The molecule has 0 aliphatic rings. The molecule has 0 aliphatic heterocycles. The molecule has 0 saturated heterocycles. The molecule has 0 unspecified atom stereocenters. The van der Waals surface area contributed by atoms with Crippen LogP contribution in [0.25, 0.3) is 0 Å². The number of anilines is 1. The topological polar surface area (TPSA) is 60.5 Å². The molecule has 1 heterocycles. The maximum atomic E-state index is 11.9. The van der Waals surface area contributed by atoms with Crippen LogP contribution in [0.4, 0.5) is 10.5 Å². The van der Waals surface area contributed by atoms with Gasteiger partial charge in [-0.1, -0.05) is 36.4 Å². The Hall–Kier alpha value is -3.34. The van der Waals surface area contributed by atoms with E-state index >= 15 is 0 Å². The van der Waals surface area contributed by atoms with Gasteiger partial charge in [0.2, 0.25) is 5.88 Å². The smallest absolute Gasteiger partial charge is 0.417 e. The molecule has 3 aromatic rings. The molecule has 1 N–H and O–H groups in total. The Bertz CT molecular complexity index is 821. The monoisotopic (exact) mass is 320 g/mol. The van der Waals surface area contributed by atoms with Gasteiger partial charge >= 0.3 is 6.09 Å². The van der Waals surface area contributed by atoms with Crippen molar-refractivity contribution in [2.75, 3.05) is 5.32 Å². The first-order valence-electron chi connectivity index (χ1n) is 7.44. The lowest BCUT2D eigenvalue weighted by molar-refractivity contribution is 0.215. The van der Waals surface area contributed by atoms with E-state index in [1.165, 1.54) is 6.20 Å². The second-order valence-electron chi connectivity index (χ2n) is 5.09. The van der Waals surface area contributed by atoms with Crippen molar-refractivity contribution < 1.29 is 14.3 Å². The van der Waals surface area contributed by atoms with Crippen molar-refractivity contribution in [1.82, 2.24) is 4.98 Å². The van der Waals surface area contributed by atoms with Gasteiger partial charge < -0.3 is 9.47 Å². The third kappa shape index (κ3) is 4.10. The lowest BCUT2D eigenvalue weighted by atomic mass is 10.3. The normalized spacial score (nSPS) is 10.0. The predicted octanol–water partition coefficient (Wildman–Crippen LogP) is 4.79. The maximum absolute atomic E-state index is 11.9. The van der Waals surface area contributed by atoms with Gasteiger partial charge in [0.1, 0.15) is 11.5 Å². The third-order valence-corrected chi connectivity index (χ3v) is 3.19. The van der Waals surface area contributed by atoms with Gasteiger partial charge in [0, 0.05) is 5.56 Å². The van der Waals surface area contributed by atoms with Crippen molar-refractivity contribution in [3.63, 3.8) is 0 Å². The number of carbonyl (C=O) groups is 1. The van der Waals surface area contributed by atoms with E-state index in [0.29, 0.717) is 23.1 Å². The molecule has 120 valence electrons. The second-order valence-corrected chi connectivity index (χ2v) is 5.09. The zero-order valence-corrected chi connectivity index (χ0v) is 13.1. The molecular weight excluding hydrogens is 304 g/mol. The van der Waals surface area contributed by atoms with Crippen molar-refractivity contribution in [3.05, 3.63) is 78.5 Å². The number of pyridine rings is 1. The minimum absolute atomic E-state index is 0.476. The molecule has 1 aromatic heterocycles. The van der Waals surface area contributed by atoms with E-state index in [1.807, 2.05) is 43.3 Å². The molecule has 5 heteroatoms. The number of hydrogen-bond donors (Lipinski definition) is 1. The zero-order chi connectivity index (χ0) is 16.8. The molecule has 24 heavy (non-hydrogen) atoms. The summed E-state index contributed by atoms with van der Waals surface area (Å²) < 4.78 is 10.9. The van der Waals surface area contributed by atoms with Gasteiger partial charge in [-0.25, -0.2) is 9.78 Å². The van der Waals surface area contributed by atoms with Gasteiger partial charge in [-0.3, -0.25) is 5.32 Å². The Morgan fingerprint density at radius 1 is 0.958 bits per heavy atom. The van der Waals surface area contributed by atoms with Crippen LogP contribution in [0, 0.1) is 6.92 Å². The van der Waals surface area contributed by atoms with Gasteiger partial charge in [0.05, 0.1) is 11.9 Å². The fourth-order valence-corrected chi connectivity index (χ4v) is 2.08. The maximum Gasteiger partial charge on any atom is 0.417 e. The van der Waals surface area contributed by atoms with Gasteiger partial charge in [0.15, 0.2) is 0 Å². The summed E-state index contributed by atoms with van der Waals surface area (Å²) >= 11 is 0. The fourth-order valence-electron chi connectivity index (χ4n) is 2.08. The van der Waals surface area contributed by atoms with Gasteiger partial charge in [-0.05, 0) is 37.3 Å². The van der Waals surface area contributed by atoms with Crippen LogP contribution in [0.3, 0.4) is 0 Å². The van der Waals surface area contributed by atoms with E-state index in [1.54, 1.807) is 30.3 Å². The number of aromatic nitrogens is 1. The highest BCUT2D eigenvalue weighted by molar-refractivity contribution is 5.86. The van der Waals surface area contributed by atoms with Crippen LogP contribution in [0.5, 0.6) is 17.4 Å². The van der Waals surface area contributed by atoms with Crippen molar-refractivity contribution in [3.8, 4) is 17.4 Å². The van der Waals surface area contributed by atoms with Gasteiger partial charge in [-0.15, -0.1) is 0 Å². The molecule has 0 aliphatic carbocycles. The van der Waals surface area contributed by atoms with Crippen molar-refractivity contribution in [2.24, 2.45) is 0 Å². The average Bonchev–Trinajstić information content (AvgIpc) is 2.59. The number of aryl methyl sites for hydroxylation is 1. The highest BCUT2D eigenvalue weighted by Crippen LogP contribution is 2.24. The highest BCUT2D eigenvalue weighted by atomic mass is 16.6. The van der Waals surface area contributed by atoms with E-state index in [0.717, 1.165) is 5.56 Å². The second kappa shape index (κ2) is 7.28. The third-order valence-electron chi connectivity index (χ3n) is 3.19. The number of hydrogen-bond acceptors (Lipinski definition) is 4. The van der Waals surface area contributed by atoms with Crippen LogP contribution < -0.4 is 14.8 Å². The van der Waals surface area contributed by atoms with E-state index in [9.17, 15) is 4.79 Å². The first-order chi connectivity index (χ1) is 11.7. The summed E-state index contributed by atoms with van der Waals surface area (Å²) in [7, 11) is 0. The standard InChI is InChI=1S/C19H16N2O3/c1-14-12-15(21-19(22)24-17-10-6-3-7-11-17)13-20-18(14)23-16-8-4-2-5-9-16/h2-13H,1H3,(H,21,22). The first-order valence-corrected chi connectivity index (χ1v) is 7.44. The van der Waals surface area contributed by atoms with Crippen LogP contribution >= 0.6 is 0 Å². The van der Waals surface area contributed by atoms with E-state index in [4.69, 9.17) is 9.47 Å². The molecule has 0 saturated carbocycles. The summed E-state index contributed by atoms with van der Waals surface area (Å²) in [4.78, 5) is 16.1. The Balaban J connectivity index is 1.65. The van der Waals surface area contributed by atoms with Crippen LogP contribution in [-0.2, 0) is 0 Å². The van der Waals surface area contributed by atoms with Crippen LogP contribution in [0.2, 0.25) is 0 Å². The molecule has 3 rings (SSSR count). The van der Waals surface area contributed by atoms with E-state index in [-0.39, 0.29) is 0 Å². The van der Waals surface area contributed by atoms with E-state index in [2.05, 4.69) is 10.3 Å². The lowest BCUT2D eigenvalue weighted by Crippen LogP contribution is -2.16. The number of ether oxygens (including phenoxy) is 2. The number of nitrogens with zero attached hydrogens (tertiary/aromatic N) is 1. The number of amides is 1. The highest BCUT2D eigenvalue weighted by Gasteiger charge is 2.08. The quantitative estimate of drug-likeness (QED) is 0.750. The first kappa shape index (κ1) is 15.6. The largest absolute Gasteiger partial charge is 0.439 e. The van der Waals surface area contributed by atoms with Crippen molar-refractivity contribution in [1.29, 1.82) is 0 Å². The number of carbonyl (C=O) groups excluding carboxylic acids is 1. The average molecular weight is 320 g/mol. The molecule has 1 amide bonds. The summed E-state index contributed by atoms with van der Waals surface area (Å²) in [6.45, 7) is 1.86. The number of para-hydroxylation sites is 2. The molecule has 0 spiro atoms. The molecule has 2 aromatic carbocycles. The minimum Gasteiger partial charge on any atom is -0.439 e. The number of rotatable bonds is 4. The summed E-state index contributed by atoms with van der Waals surface area (Å²) in [6, 6.07) is 20.0. The molecule has 0 fully saturated rings. The van der Waals surface area contributed by atoms with Gasteiger partial charge in [0.25, 0.3) is 0 Å². The predicted molar refractivity (Wildman–Crippen MR) is 91.6 cm³/mol. The summed E-state index contributed by atoms with van der Waals surface area (Å²) in [6.07, 6.45) is 0.955. The van der Waals surface area contributed by atoms with Crippen molar-refractivity contribution >= 4 is 11.8 Å². The molecular formula is C19H16N2O3. The van der Waals surface area contributed by atoms with Crippen LogP contribution in [-0.4, -0.2) is 11.1 Å². The van der Waals surface area contributed by atoms with Crippen LogP contribution in [0.15, 0.2) is 72.9 Å². The molecule has 0 atom stereocenters. The summed E-state index contributed by atoms with van der Waals surface area (Å²) in [5.74, 6) is 1.67. The SMILES string of the molecule is Cc1cc(NC(=O)Oc2ccccc2)cnc1Oc1ccccc1. The molecule has 0 bridgehead atoms. The minimum atomic E-state index is -0.570. The molecule has 5 nitrogen and oxygen atoms in total. The molecule has 0 radical (unpaired) electrons. The fraction of sp³-hybridized carbons (Fsp3) is 0.0526. The zero-order valence-electron chi connectivity index (χ0n) is 13.1. The van der Waals surface area contributed by atoms with Crippen molar-refractivity contribution in [2.45, 2.75) is 6.92 Å². The van der Waals surface area contributed by atoms with E-state index < -0.39 is 6.09 Å². The Morgan fingerprint density at radius 3 is 2.21 bits per heavy atom. The Morgan fingerprint density at radius 2 is 1.58 bits per heavy atom.